The molecule has 0 radical (unpaired) electrons. The van der Waals surface area contributed by atoms with E-state index in [0.29, 0.717) is 20.7 Å². The highest BCUT2D eigenvalue weighted by Crippen LogP contribution is 2.29. The van der Waals surface area contributed by atoms with E-state index in [1.807, 2.05) is 0 Å². The number of benzene rings is 2. The minimum Gasteiger partial charge on any atom is -0.297 e. The van der Waals surface area contributed by atoms with E-state index < -0.39 is 17.6 Å². The van der Waals surface area contributed by atoms with Gasteiger partial charge in [0, 0.05) is 16.7 Å². The van der Waals surface area contributed by atoms with E-state index >= 15 is 0 Å². The Morgan fingerprint density at radius 2 is 1.70 bits per heavy atom. The van der Waals surface area contributed by atoms with Gasteiger partial charge in [0.15, 0.2) is 0 Å². The Hall–Kier alpha value is -2.71. The monoisotopic (exact) mass is 409 g/mol. The first-order chi connectivity index (χ1) is 12.8. The van der Waals surface area contributed by atoms with Crippen molar-refractivity contribution < 1.29 is 18.0 Å². The van der Waals surface area contributed by atoms with Gasteiger partial charge < -0.3 is 0 Å². The number of amides is 1. The van der Waals surface area contributed by atoms with Crippen LogP contribution in [0.25, 0.3) is 16.6 Å². The minimum absolute atomic E-state index is 0.307. The van der Waals surface area contributed by atoms with Crippen LogP contribution in [0.3, 0.4) is 0 Å². The maximum atomic E-state index is 12.5. The maximum Gasteiger partial charge on any atom is 0.416 e. The molecule has 1 N–H and O–H groups in total. The van der Waals surface area contributed by atoms with Crippen LogP contribution in [0.2, 0.25) is 5.02 Å². The number of rotatable bonds is 4. The molecule has 9 heteroatoms. The van der Waals surface area contributed by atoms with Crippen LogP contribution in [0.4, 0.5) is 18.3 Å². The number of carbonyl (C=O) groups excluding carboxylic acids is 1. The Bertz CT molecular complexity index is 967. The Morgan fingerprint density at radius 1 is 1.04 bits per heavy atom. The molecule has 0 spiro atoms. The zero-order valence-corrected chi connectivity index (χ0v) is 15.1. The van der Waals surface area contributed by atoms with Crippen LogP contribution in [0.1, 0.15) is 11.1 Å². The van der Waals surface area contributed by atoms with Crippen molar-refractivity contribution in [3.05, 3.63) is 70.8 Å². The minimum atomic E-state index is -4.39. The van der Waals surface area contributed by atoms with E-state index in [1.54, 1.807) is 24.3 Å². The van der Waals surface area contributed by atoms with Gasteiger partial charge in [0.05, 0.1) is 5.56 Å². The van der Waals surface area contributed by atoms with E-state index in [2.05, 4.69) is 15.5 Å². The van der Waals surface area contributed by atoms with Crippen molar-refractivity contribution in [2.24, 2.45) is 0 Å². The highest BCUT2D eigenvalue weighted by atomic mass is 35.5. The van der Waals surface area contributed by atoms with Crippen molar-refractivity contribution in [1.82, 2.24) is 10.2 Å². The molecule has 3 aromatic rings. The van der Waals surface area contributed by atoms with Crippen LogP contribution in [0.15, 0.2) is 54.6 Å². The third kappa shape index (κ3) is 5.15. The van der Waals surface area contributed by atoms with Gasteiger partial charge in [-0.2, -0.15) is 13.2 Å². The molecule has 0 fully saturated rings. The summed E-state index contributed by atoms with van der Waals surface area (Å²) in [5.74, 6) is -0.464. The predicted molar refractivity (Wildman–Crippen MR) is 99.5 cm³/mol. The first-order valence-electron chi connectivity index (χ1n) is 7.57. The molecule has 2 aromatic carbocycles. The highest BCUT2D eigenvalue weighted by Gasteiger charge is 2.29. The van der Waals surface area contributed by atoms with Gasteiger partial charge in [-0.1, -0.05) is 47.2 Å². The number of carbonyl (C=O) groups is 1. The second-order valence-electron chi connectivity index (χ2n) is 5.36. The molecule has 1 heterocycles. The van der Waals surface area contributed by atoms with E-state index in [0.717, 1.165) is 17.7 Å². The zero-order valence-electron chi connectivity index (χ0n) is 13.5. The van der Waals surface area contributed by atoms with Gasteiger partial charge >= 0.3 is 6.18 Å². The summed E-state index contributed by atoms with van der Waals surface area (Å²) in [6, 6.07) is 11.5. The van der Waals surface area contributed by atoms with Crippen molar-refractivity contribution in [1.29, 1.82) is 0 Å². The molecule has 0 aliphatic rings. The normalized spacial score (nSPS) is 11.7. The molecule has 0 saturated carbocycles. The van der Waals surface area contributed by atoms with Gasteiger partial charge in [0.1, 0.15) is 5.01 Å². The molecule has 1 amide bonds. The van der Waals surface area contributed by atoms with Gasteiger partial charge in [0.2, 0.25) is 11.0 Å². The number of anilines is 1. The molecular formula is C18H11ClF3N3OS. The predicted octanol–water partition coefficient (Wildman–Crippen LogP) is 5.53. The number of alkyl halides is 3. The van der Waals surface area contributed by atoms with Crippen LogP contribution in [0.5, 0.6) is 0 Å². The van der Waals surface area contributed by atoms with Gasteiger partial charge in [-0.25, -0.2) is 0 Å². The van der Waals surface area contributed by atoms with Crippen molar-refractivity contribution in [3.63, 3.8) is 0 Å². The Morgan fingerprint density at radius 3 is 2.33 bits per heavy atom. The van der Waals surface area contributed by atoms with Crippen LogP contribution >= 0.6 is 22.9 Å². The molecule has 138 valence electrons. The molecule has 4 nitrogen and oxygen atoms in total. The molecule has 0 unspecified atom stereocenters. The molecule has 0 bridgehead atoms. The zero-order chi connectivity index (χ0) is 19.4. The maximum absolute atomic E-state index is 12.5. The summed E-state index contributed by atoms with van der Waals surface area (Å²) < 4.78 is 37.6. The third-order valence-electron chi connectivity index (χ3n) is 3.41. The van der Waals surface area contributed by atoms with Crippen LogP contribution in [-0.4, -0.2) is 16.1 Å². The molecule has 0 atom stereocenters. The average Bonchev–Trinajstić information content (AvgIpc) is 3.08. The average molecular weight is 410 g/mol. The fourth-order valence-electron chi connectivity index (χ4n) is 2.09. The lowest BCUT2D eigenvalue weighted by Crippen LogP contribution is -2.07. The molecule has 0 aliphatic carbocycles. The van der Waals surface area contributed by atoms with Gasteiger partial charge in [-0.3, -0.25) is 10.1 Å². The Balaban J connectivity index is 1.62. The summed E-state index contributed by atoms with van der Waals surface area (Å²) in [4.78, 5) is 11.9. The summed E-state index contributed by atoms with van der Waals surface area (Å²) in [6.07, 6.45) is -1.76. The second-order valence-corrected chi connectivity index (χ2v) is 6.78. The van der Waals surface area contributed by atoms with Gasteiger partial charge in [-0.05, 0) is 35.9 Å². The van der Waals surface area contributed by atoms with Gasteiger partial charge in [-0.15, -0.1) is 10.2 Å². The first-order valence-corrected chi connectivity index (χ1v) is 8.76. The quantitative estimate of drug-likeness (QED) is 0.576. The van der Waals surface area contributed by atoms with E-state index in [1.165, 1.54) is 35.6 Å². The summed E-state index contributed by atoms with van der Waals surface area (Å²) in [5, 5.41) is 12.0. The number of aromatic nitrogens is 2. The van der Waals surface area contributed by atoms with Crippen molar-refractivity contribution in [2.75, 3.05) is 5.32 Å². The van der Waals surface area contributed by atoms with E-state index in [-0.39, 0.29) is 0 Å². The summed E-state index contributed by atoms with van der Waals surface area (Å²) in [7, 11) is 0. The number of nitrogens with zero attached hydrogens (tertiary/aromatic N) is 2. The standard InChI is InChI=1S/C18H11ClF3N3OS/c19-14-8-4-12(5-9-14)16-24-25-17(27-16)23-15(26)10-3-11-1-6-13(7-2-11)18(20,21)22/h1-10H,(H,23,25,26)/b10-3+. The summed E-state index contributed by atoms with van der Waals surface area (Å²) >= 11 is 7.03. The Kier molecular flexibility index (Phi) is 5.57. The second kappa shape index (κ2) is 7.89. The smallest absolute Gasteiger partial charge is 0.297 e. The molecule has 0 saturated heterocycles. The van der Waals surface area contributed by atoms with Crippen LogP contribution in [-0.2, 0) is 11.0 Å². The van der Waals surface area contributed by atoms with Crippen LogP contribution in [0, 0.1) is 0 Å². The first kappa shape index (κ1) is 19.1. The lowest BCUT2D eigenvalue weighted by molar-refractivity contribution is -0.137. The number of hydrogen-bond donors (Lipinski definition) is 1. The fraction of sp³-hybridized carbons (Fsp3) is 0.0556. The van der Waals surface area contributed by atoms with E-state index in [4.69, 9.17) is 11.6 Å². The number of nitrogens with one attached hydrogen (secondary N) is 1. The van der Waals surface area contributed by atoms with Crippen molar-refractivity contribution >= 4 is 40.1 Å². The highest BCUT2D eigenvalue weighted by molar-refractivity contribution is 7.18. The molecule has 0 aliphatic heterocycles. The summed E-state index contributed by atoms with van der Waals surface area (Å²) in [5.41, 5.74) is 0.544. The molecular weight excluding hydrogens is 399 g/mol. The van der Waals surface area contributed by atoms with Crippen LogP contribution < -0.4 is 5.32 Å². The number of halogens is 4. The van der Waals surface area contributed by atoms with Crippen molar-refractivity contribution in [2.45, 2.75) is 6.18 Å². The number of hydrogen-bond acceptors (Lipinski definition) is 4. The molecule has 1 aromatic heterocycles. The Labute approximate surface area is 161 Å². The molecule has 27 heavy (non-hydrogen) atoms. The lowest BCUT2D eigenvalue weighted by Gasteiger charge is -2.05. The largest absolute Gasteiger partial charge is 0.416 e. The fourth-order valence-corrected chi connectivity index (χ4v) is 2.96. The van der Waals surface area contributed by atoms with Gasteiger partial charge in [0.25, 0.3) is 0 Å². The molecule has 3 rings (SSSR count). The topological polar surface area (TPSA) is 54.9 Å². The SMILES string of the molecule is O=C(/C=C/c1ccc(C(F)(F)F)cc1)Nc1nnc(-c2ccc(Cl)cc2)s1. The third-order valence-corrected chi connectivity index (χ3v) is 4.55. The van der Waals surface area contributed by atoms with E-state index in [9.17, 15) is 18.0 Å². The summed E-state index contributed by atoms with van der Waals surface area (Å²) in [6.45, 7) is 0. The van der Waals surface area contributed by atoms with Crippen molar-refractivity contribution in [3.8, 4) is 10.6 Å². The lowest BCUT2D eigenvalue weighted by atomic mass is 10.1.